The van der Waals surface area contributed by atoms with Crippen LogP contribution in [0.1, 0.15) is 0 Å². The normalized spacial score (nSPS) is 10.6. The first-order valence-electron chi connectivity index (χ1n) is 8.75. The molecule has 2 aromatic heterocycles. The Morgan fingerprint density at radius 1 is 1.17 bits per heavy atom. The van der Waals surface area contributed by atoms with Gasteiger partial charge in [0.25, 0.3) is 0 Å². The second-order valence-electron chi connectivity index (χ2n) is 5.72. The number of benzene rings is 1. The topological polar surface area (TPSA) is 100 Å². The molecule has 0 aliphatic carbocycles. The SMILES string of the molecule is COCCOc1ncccc1NC(=O)CSc1nncn1-c1ccc(OC)cc1. The molecule has 1 N–H and O–H groups in total. The smallest absolute Gasteiger partial charge is 0.237 e. The Morgan fingerprint density at radius 3 is 2.76 bits per heavy atom. The summed E-state index contributed by atoms with van der Waals surface area (Å²) in [6.07, 6.45) is 3.20. The lowest BCUT2D eigenvalue weighted by Gasteiger charge is -2.11. The fourth-order valence-electron chi connectivity index (χ4n) is 2.38. The predicted octanol–water partition coefficient (Wildman–Crippen LogP) is 2.43. The van der Waals surface area contributed by atoms with Crippen molar-refractivity contribution in [1.29, 1.82) is 0 Å². The molecule has 0 radical (unpaired) electrons. The fourth-order valence-corrected chi connectivity index (χ4v) is 3.11. The molecule has 29 heavy (non-hydrogen) atoms. The van der Waals surface area contributed by atoms with E-state index < -0.39 is 0 Å². The molecule has 0 saturated carbocycles. The highest BCUT2D eigenvalue weighted by atomic mass is 32.2. The summed E-state index contributed by atoms with van der Waals surface area (Å²) >= 11 is 1.28. The lowest BCUT2D eigenvalue weighted by Crippen LogP contribution is -2.16. The molecule has 152 valence electrons. The van der Waals surface area contributed by atoms with Crippen molar-refractivity contribution in [3.8, 4) is 17.3 Å². The van der Waals surface area contributed by atoms with Gasteiger partial charge in [-0.25, -0.2) is 4.98 Å². The number of amides is 1. The Labute approximate surface area is 172 Å². The third kappa shape index (κ3) is 5.69. The molecule has 0 fully saturated rings. The molecule has 1 amide bonds. The van der Waals surface area contributed by atoms with Crippen molar-refractivity contribution in [2.75, 3.05) is 38.5 Å². The third-order valence-electron chi connectivity index (χ3n) is 3.77. The quantitative estimate of drug-likeness (QED) is 0.398. The van der Waals surface area contributed by atoms with E-state index in [1.165, 1.54) is 11.8 Å². The number of hydrogen-bond donors (Lipinski definition) is 1. The van der Waals surface area contributed by atoms with Crippen LogP contribution in [0.2, 0.25) is 0 Å². The minimum Gasteiger partial charge on any atom is -0.497 e. The van der Waals surface area contributed by atoms with Gasteiger partial charge >= 0.3 is 0 Å². The van der Waals surface area contributed by atoms with Gasteiger partial charge in [-0.2, -0.15) is 0 Å². The van der Waals surface area contributed by atoms with Gasteiger partial charge in [0.05, 0.1) is 19.5 Å². The maximum atomic E-state index is 12.4. The highest BCUT2D eigenvalue weighted by Crippen LogP contribution is 2.23. The number of anilines is 1. The van der Waals surface area contributed by atoms with Crippen LogP contribution in [0.3, 0.4) is 0 Å². The molecule has 0 bridgehead atoms. The van der Waals surface area contributed by atoms with Crippen molar-refractivity contribution >= 4 is 23.4 Å². The molecule has 10 heteroatoms. The molecule has 3 rings (SSSR count). The van der Waals surface area contributed by atoms with Gasteiger partial charge in [-0.3, -0.25) is 9.36 Å². The first kappa shape index (κ1) is 20.6. The number of nitrogens with one attached hydrogen (secondary N) is 1. The number of hydrogen-bond acceptors (Lipinski definition) is 8. The summed E-state index contributed by atoms with van der Waals surface area (Å²) in [4.78, 5) is 16.6. The molecule has 0 aliphatic rings. The van der Waals surface area contributed by atoms with Crippen molar-refractivity contribution in [2.45, 2.75) is 5.16 Å². The van der Waals surface area contributed by atoms with E-state index in [-0.39, 0.29) is 11.7 Å². The van der Waals surface area contributed by atoms with Crippen LogP contribution in [0.4, 0.5) is 5.69 Å². The average molecular weight is 415 g/mol. The van der Waals surface area contributed by atoms with E-state index in [1.807, 2.05) is 24.3 Å². The fraction of sp³-hybridized carbons (Fsp3) is 0.263. The largest absolute Gasteiger partial charge is 0.497 e. The predicted molar refractivity (Wildman–Crippen MR) is 109 cm³/mol. The van der Waals surface area contributed by atoms with E-state index in [4.69, 9.17) is 14.2 Å². The lowest BCUT2D eigenvalue weighted by atomic mass is 10.3. The monoisotopic (exact) mass is 415 g/mol. The van der Waals surface area contributed by atoms with Crippen LogP contribution in [0.15, 0.2) is 54.1 Å². The van der Waals surface area contributed by atoms with E-state index in [1.54, 1.807) is 43.4 Å². The molecule has 0 spiro atoms. The van der Waals surface area contributed by atoms with Gasteiger partial charge in [0, 0.05) is 19.0 Å². The van der Waals surface area contributed by atoms with Crippen LogP contribution in [-0.4, -0.2) is 58.8 Å². The molecule has 1 aromatic carbocycles. The summed E-state index contributed by atoms with van der Waals surface area (Å²) in [6.45, 7) is 0.775. The van der Waals surface area contributed by atoms with Crippen LogP contribution in [0.25, 0.3) is 5.69 Å². The number of methoxy groups -OCH3 is 2. The zero-order chi connectivity index (χ0) is 20.5. The van der Waals surface area contributed by atoms with Gasteiger partial charge in [0.15, 0.2) is 5.16 Å². The minimum absolute atomic E-state index is 0.154. The number of thioether (sulfide) groups is 1. The maximum Gasteiger partial charge on any atom is 0.237 e. The lowest BCUT2D eigenvalue weighted by molar-refractivity contribution is -0.113. The molecule has 0 atom stereocenters. The Bertz CT molecular complexity index is 932. The molecule has 0 unspecified atom stereocenters. The van der Waals surface area contributed by atoms with Crippen LogP contribution in [0, 0.1) is 0 Å². The Hall–Kier alpha value is -3.11. The van der Waals surface area contributed by atoms with Crippen LogP contribution in [-0.2, 0) is 9.53 Å². The Kier molecular flexibility index (Phi) is 7.42. The van der Waals surface area contributed by atoms with E-state index in [2.05, 4.69) is 20.5 Å². The van der Waals surface area contributed by atoms with Crippen molar-refractivity contribution in [1.82, 2.24) is 19.7 Å². The average Bonchev–Trinajstić information content (AvgIpc) is 3.22. The number of carbonyl (C=O) groups excluding carboxylic acids is 1. The molecule has 3 aromatic rings. The molecular formula is C19H21N5O4S. The minimum atomic E-state index is -0.205. The summed E-state index contributed by atoms with van der Waals surface area (Å²) in [6, 6.07) is 11.0. The molecule has 9 nitrogen and oxygen atoms in total. The van der Waals surface area contributed by atoms with Gasteiger partial charge in [0.1, 0.15) is 24.4 Å². The highest BCUT2D eigenvalue weighted by Gasteiger charge is 2.13. The summed E-state index contributed by atoms with van der Waals surface area (Å²) in [5, 5.41) is 11.5. The van der Waals surface area contributed by atoms with Crippen LogP contribution in [0.5, 0.6) is 11.6 Å². The Balaban J connectivity index is 1.60. The van der Waals surface area contributed by atoms with Crippen LogP contribution >= 0.6 is 11.8 Å². The first-order valence-corrected chi connectivity index (χ1v) is 9.73. The van der Waals surface area contributed by atoms with Gasteiger partial charge < -0.3 is 19.5 Å². The third-order valence-corrected chi connectivity index (χ3v) is 4.71. The molecule has 0 saturated heterocycles. The number of nitrogens with zero attached hydrogens (tertiary/aromatic N) is 4. The van der Waals surface area contributed by atoms with Crippen molar-refractivity contribution in [3.05, 3.63) is 48.9 Å². The molecule has 0 aliphatic heterocycles. The summed E-state index contributed by atoms with van der Waals surface area (Å²) in [5.74, 6) is 1.06. The second kappa shape index (κ2) is 10.4. The molecule has 2 heterocycles. The van der Waals surface area contributed by atoms with Crippen LogP contribution < -0.4 is 14.8 Å². The highest BCUT2D eigenvalue weighted by molar-refractivity contribution is 7.99. The zero-order valence-electron chi connectivity index (χ0n) is 16.1. The van der Waals surface area contributed by atoms with E-state index in [9.17, 15) is 4.79 Å². The number of aromatic nitrogens is 4. The van der Waals surface area contributed by atoms with E-state index >= 15 is 0 Å². The van der Waals surface area contributed by atoms with E-state index in [0.717, 1.165) is 11.4 Å². The van der Waals surface area contributed by atoms with Gasteiger partial charge in [-0.05, 0) is 36.4 Å². The van der Waals surface area contributed by atoms with Gasteiger partial charge in [-0.1, -0.05) is 11.8 Å². The number of rotatable bonds is 10. The second-order valence-corrected chi connectivity index (χ2v) is 6.66. The van der Waals surface area contributed by atoms with Gasteiger partial charge in [0.2, 0.25) is 11.8 Å². The maximum absolute atomic E-state index is 12.4. The van der Waals surface area contributed by atoms with Crippen molar-refractivity contribution in [3.63, 3.8) is 0 Å². The number of pyridine rings is 1. The Morgan fingerprint density at radius 2 is 2.00 bits per heavy atom. The standard InChI is InChI=1S/C19H21N5O4S/c1-26-10-11-28-18-16(4-3-9-20-18)22-17(25)12-29-19-23-21-13-24(19)14-5-7-15(27-2)8-6-14/h3-9,13H,10-12H2,1-2H3,(H,22,25). The summed E-state index contributed by atoms with van der Waals surface area (Å²) in [7, 11) is 3.20. The first-order chi connectivity index (χ1) is 14.2. The zero-order valence-corrected chi connectivity index (χ0v) is 16.9. The van der Waals surface area contributed by atoms with E-state index in [0.29, 0.717) is 29.9 Å². The van der Waals surface area contributed by atoms with Crippen molar-refractivity contribution in [2.24, 2.45) is 0 Å². The molecular weight excluding hydrogens is 394 g/mol. The summed E-state index contributed by atoms with van der Waals surface area (Å²) in [5.41, 5.74) is 1.38. The number of ether oxygens (including phenoxy) is 3. The number of carbonyl (C=O) groups is 1. The van der Waals surface area contributed by atoms with Crippen molar-refractivity contribution < 1.29 is 19.0 Å². The van der Waals surface area contributed by atoms with Gasteiger partial charge in [-0.15, -0.1) is 10.2 Å². The summed E-state index contributed by atoms with van der Waals surface area (Å²) < 4.78 is 17.5.